The minimum absolute atomic E-state index is 0.0430. The average molecular weight is 284 g/mol. The van der Waals surface area contributed by atoms with Crippen LogP contribution in [0.3, 0.4) is 0 Å². The lowest BCUT2D eigenvalue weighted by atomic mass is 10.00. The summed E-state index contributed by atoms with van der Waals surface area (Å²) in [6.45, 7) is 4.22. The van der Waals surface area contributed by atoms with Crippen molar-refractivity contribution in [1.82, 2.24) is 4.98 Å². The van der Waals surface area contributed by atoms with Gasteiger partial charge in [0.2, 0.25) is 0 Å². The number of aromatic nitrogens is 1. The minimum Gasteiger partial charge on any atom is -0.351 e. The predicted octanol–water partition coefficient (Wildman–Crippen LogP) is 3.73. The SMILES string of the molecule is CC(C)c1ccc(-c2cc[nH]c2S(=O)(=O)Cl)cc1. The Morgan fingerprint density at radius 3 is 2.22 bits per heavy atom. The van der Waals surface area contributed by atoms with E-state index in [1.54, 1.807) is 12.3 Å². The molecular weight excluding hydrogens is 270 g/mol. The topological polar surface area (TPSA) is 49.9 Å². The highest BCUT2D eigenvalue weighted by atomic mass is 35.7. The summed E-state index contributed by atoms with van der Waals surface area (Å²) < 4.78 is 22.8. The zero-order valence-electron chi connectivity index (χ0n) is 10.1. The molecule has 0 unspecified atom stereocenters. The second-order valence-electron chi connectivity index (χ2n) is 4.44. The van der Waals surface area contributed by atoms with Gasteiger partial charge in [0.05, 0.1) is 0 Å². The van der Waals surface area contributed by atoms with E-state index in [4.69, 9.17) is 10.7 Å². The van der Waals surface area contributed by atoms with Gasteiger partial charge in [0.25, 0.3) is 9.05 Å². The van der Waals surface area contributed by atoms with Gasteiger partial charge < -0.3 is 4.98 Å². The summed E-state index contributed by atoms with van der Waals surface area (Å²) >= 11 is 0. The van der Waals surface area contributed by atoms with Gasteiger partial charge in [0, 0.05) is 22.4 Å². The number of hydrogen-bond acceptors (Lipinski definition) is 2. The smallest absolute Gasteiger partial charge is 0.277 e. The summed E-state index contributed by atoms with van der Waals surface area (Å²) in [5.74, 6) is 0.446. The van der Waals surface area contributed by atoms with Crippen molar-refractivity contribution in [2.45, 2.75) is 24.8 Å². The summed E-state index contributed by atoms with van der Waals surface area (Å²) in [4.78, 5) is 2.66. The lowest BCUT2D eigenvalue weighted by Gasteiger charge is -2.07. The Morgan fingerprint density at radius 2 is 1.72 bits per heavy atom. The van der Waals surface area contributed by atoms with Crippen LogP contribution in [0.5, 0.6) is 0 Å². The highest BCUT2D eigenvalue weighted by Crippen LogP contribution is 2.29. The number of halogens is 1. The molecule has 0 bridgehead atoms. The van der Waals surface area contributed by atoms with Crippen LogP contribution in [0.4, 0.5) is 0 Å². The Bertz CT molecular complexity index is 642. The molecule has 3 nitrogen and oxygen atoms in total. The first-order valence-corrected chi connectivity index (χ1v) is 7.93. The van der Waals surface area contributed by atoms with Crippen LogP contribution in [0.2, 0.25) is 0 Å². The highest BCUT2D eigenvalue weighted by molar-refractivity contribution is 8.13. The Labute approximate surface area is 111 Å². The van der Waals surface area contributed by atoms with Gasteiger partial charge >= 0.3 is 0 Å². The average Bonchev–Trinajstić information content (AvgIpc) is 2.77. The quantitative estimate of drug-likeness (QED) is 0.873. The van der Waals surface area contributed by atoms with Gasteiger partial charge in [-0.1, -0.05) is 38.1 Å². The standard InChI is InChI=1S/C13H14ClNO2S/c1-9(2)10-3-5-11(6-4-10)12-7-8-15-13(12)18(14,16)17/h3-9,15H,1-2H3. The molecule has 18 heavy (non-hydrogen) atoms. The molecule has 0 spiro atoms. The van der Waals surface area contributed by atoms with E-state index in [2.05, 4.69) is 18.8 Å². The first-order chi connectivity index (χ1) is 8.39. The van der Waals surface area contributed by atoms with Crippen molar-refractivity contribution in [1.29, 1.82) is 0 Å². The molecule has 0 atom stereocenters. The fourth-order valence-electron chi connectivity index (χ4n) is 1.83. The largest absolute Gasteiger partial charge is 0.351 e. The van der Waals surface area contributed by atoms with Crippen molar-refractivity contribution in [3.63, 3.8) is 0 Å². The molecule has 0 aliphatic rings. The van der Waals surface area contributed by atoms with Crippen LogP contribution in [0.1, 0.15) is 25.3 Å². The van der Waals surface area contributed by atoms with Crippen LogP contribution in [0.25, 0.3) is 11.1 Å². The van der Waals surface area contributed by atoms with Crippen molar-refractivity contribution >= 4 is 19.7 Å². The van der Waals surface area contributed by atoms with E-state index < -0.39 is 9.05 Å². The number of H-pyrrole nitrogens is 1. The summed E-state index contributed by atoms with van der Waals surface area (Å²) in [7, 11) is 1.63. The molecule has 1 aromatic carbocycles. The lowest BCUT2D eigenvalue weighted by Crippen LogP contribution is -1.94. The lowest BCUT2D eigenvalue weighted by molar-refractivity contribution is 0.607. The molecular formula is C13H14ClNO2S. The van der Waals surface area contributed by atoms with Crippen molar-refractivity contribution in [2.24, 2.45) is 0 Å². The summed E-state index contributed by atoms with van der Waals surface area (Å²) in [6.07, 6.45) is 1.57. The third-order valence-corrected chi connectivity index (χ3v) is 4.13. The fourth-order valence-corrected chi connectivity index (χ4v) is 2.87. The highest BCUT2D eigenvalue weighted by Gasteiger charge is 2.17. The number of aromatic amines is 1. The van der Waals surface area contributed by atoms with Crippen molar-refractivity contribution in [2.75, 3.05) is 0 Å². The number of hydrogen-bond donors (Lipinski definition) is 1. The normalized spacial score (nSPS) is 12.0. The molecule has 5 heteroatoms. The van der Waals surface area contributed by atoms with E-state index in [1.165, 1.54) is 5.56 Å². The summed E-state index contributed by atoms with van der Waals surface area (Å²) in [5.41, 5.74) is 2.64. The van der Waals surface area contributed by atoms with Gasteiger partial charge in [0.15, 0.2) is 5.03 Å². The minimum atomic E-state index is -3.75. The molecule has 0 saturated heterocycles. The number of rotatable bonds is 3. The van der Waals surface area contributed by atoms with Crippen LogP contribution in [0.15, 0.2) is 41.6 Å². The van der Waals surface area contributed by atoms with Crippen molar-refractivity contribution in [3.8, 4) is 11.1 Å². The molecule has 0 amide bonds. The first kappa shape index (κ1) is 13.2. The molecule has 96 valence electrons. The van der Waals surface area contributed by atoms with E-state index in [9.17, 15) is 8.42 Å². The molecule has 2 rings (SSSR count). The van der Waals surface area contributed by atoms with Gasteiger partial charge in [-0.05, 0) is 23.1 Å². The first-order valence-electron chi connectivity index (χ1n) is 5.62. The number of benzene rings is 1. The molecule has 2 aromatic rings. The van der Waals surface area contributed by atoms with E-state index in [0.29, 0.717) is 11.5 Å². The molecule has 1 N–H and O–H groups in total. The van der Waals surface area contributed by atoms with Gasteiger partial charge in [-0.25, -0.2) is 8.42 Å². The van der Waals surface area contributed by atoms with Crippen LogP contribution < -0.4 is 0 Å². The van der Waals surface area contributed by atoms with Gasteiger partial charge in [0.1, 0.15) is 0 Å². The Kier molecular flexibility index (Phi) is 3.50. The van der Waals surface area contributed by atoms with E-state index >= 15 is 0 Å². The van der Waals surface area contributed by atoms with Crippen molar-refractivity contribution in [3.05, 3.63) is 42.1 Å². The van der Waals surface area contributed by atoms with Crippen LogP contribution in [-0.4, -0.2) is 13.4 Å². The maximum Gasteiger partial charge on any atom is 0.277 e. The van der Waals surface area contributed by atoms with Gasteiger partial charge in [-0.2, -0.15) is 0 Å². The van der Waals surface area contributed by atoms with Crippen LogP contribution in [0, 0.1) is 0 Å². The molecule has 1 aromatic heterocycles. The third kappa shape index (κ3) is 2.60. The molecule has 0 saturated carbocycles. The van der Waals surface area contributed by atoms with E-state index in [0.717, 1.165) is 5.56 Å². The molecule has 0 aliphatic carbocycles. The Morgan fingerprint density at radius 1 is 1.11 bits per heavy atom. The van der Waals surface area contributed by atoms with E-state index in [1.807, 2.05) is 24.3 Å². The molecule has 0 aliphatic heterocycles. The third-order valence-electron chi connectivity index (χ3n) is 2.84. The Hall–Kier alpha value is -1.26. The number of nitrogens with one attached hydrogen (secondary N) is 1. The zero-order chi connectivity index (χ0) is 13.3. The molecule has 0 radical (unpaired) electrons. The summed E-state index contributed by atoms with van der Waals surface area (Å²) in [6, 6.07) is 9.52. The fraction of sp³-hybridized carbons (Fsp3) is 0.231. The van der Waals surface area contributed by atoms with Gasteiger partial charge in [-0.3, -0.25) is 0 Å². The van der Waals surface area contributed by atoms with Crippen LogP contribution >= 0.6 is 10.7 Å². The zero-order valence-corrected chi connectivity index (χ0v) is 11.7. The molecule has 1 heterocycles. The van der Waals surface area contributed by atoms with Crippen LogP contribution in [-0.2, 0) is 9.05 Å². The van der Waals surface area contributed by atoms with Crippen molar-refractivity contribution < 1.29 is 8.42 Å². The van der Waals surface area contributed by atoms with E-state index in [-0.39, 0.29) is 5.03 Å². The summed E-state index contributed by atoms with van der Waals surface area (Å²) in [5, 5.41) is 0.0430. The monoisotopic (exact) mass is 283 g/mol. The second kappa shape index (κ2) is 4.78. The molecule has 0 fully saturated rings. The van der Waals surface area contributed by atoms with Gasteiger partial charge in [-0.15, -0.1) is 0 Å². The maximum absolute atomic E-state index is 11.4. The second-order valence-corrected chi connectivity index (χ2v) is 6.94. The maximum atomic E-state index is 11.4. The predicted molar refractivity (Wildman–Crippen MR) is 73.4 cm³/mol. The Balaban J connectivity index is 2.47.